The van der Waals surface area contributed by atoms with Gasteiger partial charge in [-0.2, -0.15) is 0 Å². The number of carbonyl (C=O) groups excluding carboxylic acids is 2. The van der Waals surface area contributed by atoms with E-state index < -0.39 is 11.9 Å². The number of anilines is 1. The van der Waals surface area contributed by atoms with Crippen molar-refractivity contribution in [1.82, 2.24) is 14.9 Å². The number of nitrogens with two attached hydrogens (primary N) is 1. The maximum atomic E-state index is 12.5. The van der Waals surface area contributed by atoms with Crippen molar-refractivity contribution in [2.45, 2.75) is 52.0 Å². The zero-order valence-electron chi connectivity index (χ0n) is 16.1. The Hall–Kier alpha value is -2.48. The van der Waals surface area contributed by atoms with E-state index in [0.717, 1.165) is 28.2 Å². The zero-order valence-corrected chi connectivity index (χ0v) is 16.9. The van der Waals surface area contributed by atoms with Crippen LogP contribution in [0.25, 0.3) is 10.4 Å². The summed E-state index contributed by atoms with van der Waals surface area (Å²) in [5.74, 6) is -0.467. The summed E-state index contributed by atoms with van der Waals surface area (Å²) in [5, 5.41) is 3.33. The average Bonchev–Trinajstić information content (AvgIpc) is 3.21. The topological polar surface area (TPSA) is 101 Å². The van der Waals surface area contributed by atoms with Crippen LogP contribution in [0.15, 0.2) is 18.3 Å². The van der Waals surface area contributed by atoms with E-state index in [1.165, 1.54) is 16.2 Å². The van der Waals surface area contributed by atoms with Gasteiger partial charge in [0.1, 0.15) is 6.04 Å². The van der Waals surface area contributed by atoms with Crippen molar-refractivity contribution in [3.05, 3.63) is 29.7 Å². The molecular formula is C19H25N5O2S. The standard InChI is InChI=1S/C19H25N5O2S/c1-11-15(12-7-8-21-14(10-12)19(2,3)4)27-17(22-11)23-18(26)24-9-5-6-13(24)16(20)25/h7-8,10,13H,5-6,9H2,1-4H3,(H2,20,25)(H,22,23,26)/t13-/m0/s1/i20+1. The van der Waals surface area contributed by atoms with Crippen molar-refractivity contribution in [1.29, 1.82) is 0 Å². The fraction of sp³-hybridized carbons (Fsp3) is 0.474. The number of amides is 3. The zero-order chi connectivity index (χ0) is 19.8. The Morgan fingerprint density at radius 2 is 2.11 bits per heavy atom. The normalized spacial score (nSPS) is 17.2. The Morgan fingerprint density at radius 1 is 1.37 bits per heavy atom. The van der Waals surface area contributed by atoms with Gasteiger partial charge in [-0.1, -0.05) is 32.1 Å². The van der Waals surface area contributed by atoms with E-state index in [9.17, 15) is 9.59 Å². The highest BCUT2D eigenvalue weighted by Crippen LogP contribution is 2.34. The second-order valence-corrected chi connectivity index (χ2v) is 8.80. The largest absolute Gasteiger partial charge is 0.368 e. The minimum atomic E-state index is -0.542. The summed E-state index contributed by atoms with van der Waals surface area (Å²) in [5.41, 5.74) is 8.21. The molecule has 1 aliphatic heterocycles. The summed E-state index contributed by atoms with van der Waals surface area (Å²) in [6, 6.07) is 3.14. The molecule has 1 saturated heterocycles. The molecule has 8 heteroatoms. The molecular weight excluding hydrogens is 363 g/mol. The molecule has 0 radical (unpaired) electrons. The fourth-order valence-corrected chi connectivity index (χ4v) is 4.12. The van der Waals surface area contributed by atoms with Crippen molar-refractivity contribution in [3.63, 3.8) is 0 Å². The molecule has 0 aromatic carbocycles. The summed E-state index contributed by atoms with van der Waals surface area (Å²) < 4.78 is 0. The van der Waals surface area contributed by atoms with Crippen LogP contribution in [0.3, 0.4) is 0 Å². The highest BCUT2D eigenvalue weighted by molar-refractivity contribution is 7.19. The summed E-state index contributed by atoms with van der Waals surface area (Å²) in [4.78, 5) is 35.5. The highest BCUT2D eigenvalue weighted by Gasteiger charge is 2.33. The van der Waals surface area contributed by atoms with Crippen molar-refractivity contribution >= 4 is 28.4 Å². The van der Waals surface area contributed by atoms with Gasteiger partial charge in [0.15, 0.2) is 5.13 Å². The van der Waals surface area contributed by atoms with Gasteiger partial charge in [-0.3, -0.25) is 15.1 Å². The molecule has 27 heavy (non-hydrogen) atoms. The van der Waals surface area contributed by atoms with Gasteiger partial charge in [-0.05, 0) is 37.5 Å². The molecule has 3 N–H and O–H groups in total. The predicted molar refractivity (Wildman–Crippen MR) is 107 cm³/mol. The minimum absolute atomic E-state index is 0.0504. The molecule has 1 aliphatic rings. The first-order valence-corrected chi connectivity index (χ1v) is 9.80. The van der Waals surface area contributed by atoms with Crippen LogP contribution < -0.4 is 11.1 Å². The van der Waals surface area contributed by atoms with E-state index >= 15 is 0 Å². The molecule has 2 aromatic rings. The quantitative estimate of drug-likeness (QED) is 0.788. The number of aryl methyl sites for hydroxylation is 1. The molecule has 2 aromatic heterocycles. The molecule has 3 heterocycles. The Labute approximate surface area is 163 Å². The number of thiazole rings is 1. The Balaban J connectivity index is 1.81. The van der Waals surface area contributed by atoms with E-state index in [2.05, 4.69) is 42.1 Å². The van der Waals surface area contributed by atoms with Crippen LogP contribution in [-0.2, 0) is 10.2 Å². The summed E-state index contributed by atoms with van der Waals surface area (Å²) >= 11 is 1.41. The first-order chi connectivity index (χ1) is 12.7. The monoisotopic (exact) mass is 388 g/mol. The van der Waals surface area contributed by atoms with Gasteiger partial charge in [0, 0.05) is 23.9 Å². The Kier molecular flexibility index (Phi) is 5.19. The van der Waals surface area contributed by atoms with Crippen LogP contribution in [-0.4, -0.2) is 39.4 Å². The van der Waals surface area contributed by atoms with Gasteiger partial charge in [0.25, 0.3) is 0 Å². The van der Waals surface area contributed by atoms with Gasteiger partial charge in [-0.25, -0.2) is 9.78 Å². The second kappa shape index (κ2) is 7.26. The predicted octanol–water partition coefficient (Wildman–Crippen LogP) is 3.29. The van der Waals surface area contributed by atoms with Crippen LogP contribution in [0.4, 0.5) is 9.93 Å². The van der Waals surface area contributed by atoms with Gasteiger partial charge in [-0.15, -0.1) is 0 Å². The third kappa shape index (κ3) is 4.10. The van der Waals surface area contributed by atoms with Crippen LogP contribution in [0.5, 0.6) is 0 Å². The molecule has 0 aliphatic carbocycles. The van der Waals surface area contributed by atoms with E-state index in [4.69, 9.17) is 5.73 Å². The second-order valence-electron chi connectivity index (χ2n) is 7.80. The van der Waals surface area contributed by atoms with Crippen molar-refractivity contribution < 1.29 is 9.59 Å². The summed E-state index contributed by atoms with van der Waals surface area (Å²) in [6.07, 6.45) is 3.18. The average molecular weight is 389 g/mol. The molecule has 1 atom stereocenters. The first kappa shape index (κ1) is 19.3. The Morgan fingerprint density at radius 3 is 2.78 bits per heavy atom. The van der Waals surface area contributed by atoms with Crippen LogP contribution >= 0.6 is 11.3 Å². The Bertz CT molecular complexity index is 871. The van der Waals surface area contributed by atoms with Crippen molar-refractivity contribution in [2.24, 2.45) is 5.73 Å². The number of rotatable bonds is 3. The number of aromatic nitrogens is 2. The van der Waals surface area contributed by atoms with Gasteiger partial charge in [0.2, 0.25) is 5.91 Å². The lowest BCUT2D eigenvalue weighted by Crippen LogP contribution is -2.45. The SMILES string of the molecule is Cc1nc(NC(=O)N2CCC[C@H]2C([15NH2])=O)sc1-c1ccnc(C(C)(C)C)c1. The number of carbonyl (C=O) groups is 2. The van der Waals surface area contributed by atoms with Crippen LogP contribution in [0.1, 0.15) is 45.0 Å². The first-order valence-electron chi connectivity index (χ1n) is 8.98. The summed E-state index contributed by atoms with van der Waals surface area (Å²) in [7, 11) is 0. The molecule has 3 amide bonds. The lowest BCUT2D eigenvalue weighted by atomic mass is 9.90. The van der Waals surface area contributed by atoms with Crippen molar-refractivity contribution in [3.8, 4) is 10.4 Å². The third-order valence-electron chi connectivity index (χ3n) is 4.64. The molecule has 0 unspecified atom stereocenters. The van der Waals surface area contributed by atoms with Crippen LogP contribution in [0.2, 0.25) is 0 Å². The molecule has 144 valence electrons. The number of primary amides is 1. The third-order valence-corrected chi connectivity index (χ3v) is 5.77. The molecule has 7 nitrogen and oxygen atoms in total. The number of likely N-dealkylation sites (tertiary alicyclic amines) is 1. The van der Waals surface area contributed by atoms with Crippen LogP contribution in [0, 0.1) is 6.92 Å². The fourth-order valence-electron chi connectivity index (χ4n) is 3.17. The van der Waals surface area contributed by atoms with E-state index in [1.54, 1.807) is 6.20 Å². The molecule has 0 spiro atoms. The lowest BCUT2D eigenvalue weighted by Gasteiger charge is -2.21. The lowest BCUT2D eigenvalue weighted by molar-refractivity contribution is -0.121. The number of urea groups is 1. The summed E-state index contributed by atoms with van der Waals surface area (Å²) in [6.45, 7) is 8.80. The smallest absolute Gasteiger partial charge is 0.324 e. The number of nitrogens with zero attached hydrogens (tertiary/aromatic N) is 3. The minimum Gasteiger partial charge on any atom is -0.368 e. The molecule has 1 fully saturated rings. The number of hydrogen-bond donors (Lipinski definition) is 2. The van der Waals surface area contributed by atoms with Crippen molar-refractivity contribution in [2.75, 3.05) is 11.9 Å². The number of nitrogens with one attached hydrogen (secondary N) is 1. The number of hydrogen-bond acceptors (Lipinski definition) is 5. The van der Waals surface area contributed by atoms with E-state index in [-0.39, 0.29) is 11.4 Å². The van der Waals surface area contributed by atoms with Gasteiger partial charge >= 0.3 is 6.03 Å². The maximum absolute atomic E-state index is 12.5. The highest BCUT2D eigenvalue weighted by atomic mass is 32.1. The number of pyridine rings is 1. The molecule has 0 saturated carbocycles. The van der Waals surface area contributed by atoms with Gasteiger partial charge in [0.05, 0.1) is 10.6 Å². The molecule has 0 bridgehead atoms. The maximum Gasteiger partial charge on any atom is 0.324 e. The van der Waals surface area contributed by atoms with E-state index in [0.29, 0.717) is 18.1 Å². The van der Waals surface area contributed by atoms with E-state index in [1.807, 2.05) is 13.0 Å². The van der Waals surface area contributed by atoms with Gasteiger partial charge < -0.3 is 10.6 Å². The molecule has 3 rings (SSSR count).